The molecule has 0 saturated heterocycles. The molecular formula is C14H22BrN3O. The van der Waals surface area contributed by atoms with Crippen LogP contribution in [0.1, 0.15) is 37.2 Å². The second-order valence-corrected chi connectivity index (χ2v) is 5.60. The molecule has 5 heteroatoms. The molecule has 106 valence electrons. The normalized spacial score (nSPS) is 10.8. The lowest BCUT2D eigenvalue weighted by Gasteiger charge is -2.11. The van der Waals surface area contributed by atoms with E-state index in [2.05, 4.69) is 39.8 Å². The van der Waals surface area contributed by atoms with E-state index in [9.17, 15) is 4.79 Å². The Morgan fingerprint density at radius 3 is 2.58 bits per heavy atom. The summed E-state index contributed by atoms with van der Waals surface area (Å²) in [6.45, 7) is 5.70. The average Bonchev–Trinajstić information content (AvgIpc) is 2.74. The van der Waals surface area contributed by atoms with Crippen LogP contribution in [-0.2, 0) is 6.54 Å². The van der Waals surface area contributed by atoms with Gasteiger partial charge < -0.3 is 4.90 Å². The Labute approximate surface area is 123 Å². The van der Waals surface area contributed by atoms with Crippen LogP contribution in [-0.4, -0.2) is 41.1 Å². The summed E-state index contributed by atoms with van der Waals surface area (Å²) in [6.07, 6.45) is 5.25. The van der Waals surface area contributed by atoms with Crippen molar-refractivity contribution in [2.24, 2.45) is 0 Å². The minimum atomic E-state index is 0.0295. The first-order valence-electron chi connectivity index (χ1n) is 6.59. The van der Waals surface area contributed by atoms with Crippen LogP contribution in [0.3, 0.4) is 0 Å². The predicted octanol–water partition coefficient (Wildman–Crippen LogP) is 3.14. The quantitative estimate of drug-likeness (QED) is 0.570. The van der Waals surface area contributed by atoms with Crippen molar-refractivity contribution in [1.29, 1.82) is 0 Å². The van der Waals surface area contributed by atoms with Crippen LogP contribution in [0.15, 0.2) is 22.3 Å². The van der Waals surface area contributed by atoms with Crippen molar-refractivity contribution in [2.75, 3.05) is 20.6 Å². The van der Waals surface area contributed by atoms with Gasteiger partial charge in [0.05, 0.1) is 17.2 Å². The van der Waals surface area contributed by atoms with Gasteiger partial charge in [0, 0.05) is 6.54 Å². The summed E-state index contributed by atoms with van der Waals surface area (Å²) in [5, 5.41) is 4.26. The molecule has 0 N–H and O–H groups in total. The number of carbonyl (C=O) groups is 1. The van der Waals surface area contributed by atoms with Crippen LogP contribution < -0.4 is 0 Å². The Balaban J connectivity index is 2.95. The van der Waals surface area contributed by atoms with Gasteiger partial charge >= 0.3 is 0 Å². The third kappa shape index (κ3) is 4.58. The van der Waals surface area contributed by atoms with Gasteiger partial charge in [-0.1, -0.05) is 19.4 Å². The molecule has 19 heavy (non-hydrogen) atoms. The lowest BCUT2D eigenvalue weighted by molar-refractivity contribution is 0.103. The standard InChI is InChI=1S/C14H22BrN3O/c1-5-11(6-2)9-13(19)14-12(15)10-16-18(14)8-7-17(3)4/h9-10H,5-8H2,1-4H3. The fourth-order valence-electron chi connectivity index (χ4n) is 1.78. The molecule has 1 rings (SSSR count). The van der Waals surface area contributed by atoms with Crippen molar-refractivity contribution in [3.63, 3.8) is 0 Å². The highest BCUT2D eigenvalue weighted by Gasteiger charge is 2.15. The maximum Gasteiger partial charge on any atom is 0.204 e. The molecule has 0 unspecified atom stereocenters. The fourth-order valence-corrected chi connectivity index (χ4v) is 2.27. The van der Waals surface area contributed by atoms with E-state index in [1.54, 1.807) is 17.0 Å². The van der Waals surface area contributed by atoms with E-state index in [0.29, 0.717) is 12.2 Å². The van der Waals surface area contributed by atoms with Crippen LogP contribution in [0.2, 0.25) is 0 Å². The molecule has 0 radical (unpaired) electrons. The van der Waals surface area contributed by atoms with Crippen molar-refractivity contribution in [3.05, 3.63) is 28.0 Å². The molecule has 0 amide bonds. The first-order valence-corrected chi connectivity index (χ1v) is 7.38. The first kappa shape index (κ1) is 16.1. The van der Waals surface area contributed by atoms with E-state index >= 15 is 0 Å². The number of aromatic nitrogens is 2. The second-order valence-electron chi connectivity index (χ2n) is 4.74. The molecule has 1 aromatic heterocycles. The summed E-state index contributed by atoms with van der Waals surface area (Å²) in [7, 11) is 4.01. The monoisotopic (exact) mass is 327 g/mol. The highest BCUT2D eigenvalue weighted by Crippen LogP contribution is 2.18. The van der Waals surface area contributed by atoms with Gasteiger partial charge in [0.2, 0.25) is 5.78 Å². The Hall–Kier alpha value is -0.940. The molecule has 0 spiro atoms. The number of hydrogen-bond donors (Lipinski definition) is 0. The molecule has 0 aromatic carbocycles. The molecule has 0 bridgehead atoms. The van der Waals surface area contributed by atoms with Crippen molar-refractivity contribution in [2.45, 2.75) is 33.2 Å². The molecule has 0 aliphatic carbocycles. The van der Waals surface area contributed by atoms with E-state index in [-0.39, 0.29) is 5.78 Å². The Kier molecular flexibility index (Phi) is 6.45. The van der Waals surface area contributed by atoms with Crippen LogP contribution in [0.4, 0.5) is 0 Å². The number of halogens is 1. The highest BCUT2D eigenvalue weighted by atomic mass is 79.9. The summed E-state index contributed by atoms with van der Waals surface area (Å²) in [6, 6.07) is 0. The molecule has 0 aliphatic rings. The van der Waals surface area contributed by atoms with Crippen LogP contribution >= 0.6 is 15.9 Å². The number of hydrogen-bond acceptors (Lipinski definition) is 3. The third-order valence-corrected chi connectivity index (χ3v) is 3.61. The van der Waals surface area contributed by atoms with Gasteiger partial charge in [0.15, 0.2) is 0 Å². The van der Waals surface area contributed by atoms with Crippen molar-refractivity contribution >= 4 is 21.7 Å². The molecule has 0 saturated carbocycles. The summed E-state index contributed by atoms with van der Waals surface area (Å²) in [4.78, 5) is 14.4. The minimum absolute atomic E-state index is 0.0295. The molecule has 0 atom stereocenters. The molecular weight excluding hydrogens is 306 g/mol. The van der Waals surface area contributed by atoms with E-state index in [4.69, 9.17) is 0 Å². The van der Waals surface area contributed by atoms with Crippen molar-refractivity contribution in [1.82, 2.24) is 14.7 Å². The Morgan fingerprint density at radius 1 is 1.42 bits per heavy atom. The van der Waals surface area contributed by atoms with Crippen LogP contribution in [0.5, 0.6) is 0 Å². The number of ketones is 1. The van der Waals surface area contributed by atoms with E-state index in [0.717, 1.165) is 29.4 Å². The lowest BCUT2D eigenvalue weighted by atomic mass is 10.1. The summed E-state index contributed by atoms with van der Waals surface area (Å²) in [5.41, 5.74) is 1.80. The zero-order chi connectivity index (χ0) is 14.4. The second kappa shape index (κ2) is 7.60. The summed E-state index contributed by atoms with van der Waals surface area (Å²) < 4.78 is 2.53. The van der Waals surface area contributed by atoms with Gasteiger partial charge in [0.25, 0.3) is 0 Å². The maximum absolute atomic E-state index is 12.3. The SMILES string of the molecule is CCC(=CC(=O)c1c(Br)cnn1CCN(C)C)CC. The third-order valence-electron chi connectivity index (χ3n) is 3.03. The largest absolute Gasteiger partial charge is 0.308 e. The number of nitrogens with zero attached hydrogens (tertiary/aromatic N) is 3. The minimum Gasteiger partial charge on any atom is -0.308 e. The smallest absolute Gasteiger partial charge is 0.204 e. The molecule has 4 nitrogen and oxygen atoms in total. The van der Waals surface area contributed by atoms with E-state index < -0.39 is 0 Å². The Morgan fingerprint density at radius 2 is 2.05 bits per heavy atom. The fraction of sp³-hybridized carbons (Fsp3) is 0.571. The van der Waals surface area contributed by atoms with Gasteiger partial charge in [0.1, 0.15) is 5.69 Å². The molecule has 1 heterocycles. The predicted molar refractivity (Wildman–Crippen MR) is 81.5 cm³/mol. The van der Waals surface area contributed by atoms with E-state index in [1.165, 1.54) is 0 Å². The van der Waals surface area contributed by atoms with Gasteiger partial charge in [-0.2, -0.15) is 5.10 Å². The van der Waals surface area contributed by atoms with Crippen LogP contribution in [0.25, 0.3) is 0 Å². The van der Waals surface area contributed by atoms with Crippen molar-refractivity contribution in [3.8, 4) is 0 Å². The van der Waals surface area contributed by atoms with Crippen LogP contribution in [0, 0.1) is 0 Å². The summed E-state index contributed by atoms with van der Waals surface area (Å²) >= 11 is 3.41. The van der Waals surface area contributed by atoms with Crippen molar-refractivity contribution < 1.29 is 4.79 Å². The topological polar surface area (TPSA) is 38.1 Å². The number of allylic oxidation sites excluding steroid dienone is 2. The average molecular weight is 328 g/mol. The number of likely N-dealkylation sites (N-methyl/N-ethyl adjacent to an activating group) is 1. The number of rotatable bonds is 7. The molecule has 1 aromatic rings. The molecule has 0 aliphatic heterocycles. The molecule has 0 fully saturated rings. The summed E-state index contributed by atoms with van der Waals surface area (Å²) in [5.74, 6) is 0.0295. The Bertz CT molecular complexity index is 457. The van der Waals surface area contributed by atoms with E-state index in [1.807, 2.05) is 14.1 Å². The van der Waals surface area contributed by atoms with Gasteiger partial charge in [-0.25, -0.2) is 0 Å². The zero-order valence-corrected chi connectivity index (χ0v) is 13.7. The zero-order valence-electron chi connectivity index (χ0n) is 12.1. The van der Waals surface area contributed by atoms with Gasteiger partial charge in [-0.05, 0) is 48.9 Å². The first-order chi connectivity index (χ1) is 8.99. The number of carbonyl (C=O) groups excluding carboxylic acids is 1. The maximum atomic E-state index is 12.3. The van der Waals surface area contributed by atoms with Gasteiger partial charge in [-0.15, -0.1) is 0 Å². The highest BCUT2D eigenvalue weighted by molar-refractivity contribution is 9.10. The lowest BCUT2D eigenvalue weighted by Crippen LogP contribution is -2.21. The van der Waals surface area contributed by atoms with Gasteiger partial charge in [-0.3, -0.25) is 9.48 Å².